The molecule has 0 bridgehead atoms. The van der Waals surface area contributed by atoms with E-state index in [0.29, 0.717) is 17.7 Å². The van der Waals surface area contributed by atoms with Gasteiger partial charge in [-0.2, -0.15) is 0 Å². The molecular weight excluding hydrogens is 285 g/mol. The molecule has 6 heteroatoms. The predicted octanol–water partition coefficient (Wildman–Crippen LogP) is 2.75. The second-order valence-corrected chi connectivity index (χ2v) is 4.92. The minimum atomic E-state index is -0.375. The summed E-state index contributed by atoms with van der Waals surface area (Å²) in [6, 6.07) is 6.45. The summed E-state index contributed by atoms with van der Waals surface area (Å²) in [5.74, 6) is -0.661. The van der Waals surface area contributed by atoms with Crippen LogP contribution < -0.4 is 4.90 Å². The fourth-order valence-corrected chi connectivity index (χ4v) is 2.23. The molecule has 1 aliphatic heterocycles. The smallest absolute Gasteiger partial charge is 0.304 e. The minimum Gasteiger partial charge on any atom is -0.432 e. The standard InChI is InChI=1S/C16H14FN3O2/c1-11-8-13(9-19-11)15(21)20(16-18-6-7-22-16)10-12-4-2-3-5-14(12)17/h2-8H,9-10H2,1H3. The molecule has 0 N–H and O–H groups in total. The molecule has 22 heavy (non-hydrogen) atoms. The molecule has 2 heterocycles. The summed E-state index contributed by atoms with van der Waals surface area (Å²) in [4.78, 5) is 22.2. The van der Waals surface area contributed by atoms with Gasteiger partial charge < -0.3 is 4.42 Å². The molecule has 2 aromatic rings. The number of anilines is 1. The Bertz CT molecular complexity index is 751. The molecule has 0 atom stereocenters. The summed E-state index contributed by atoms with van der Waals surface area (Å²) in [6.45, 7) is 2.19. The first-order valence-electron chi connectivity index (χ1n) is 6.81. The molecule has 1 aliphatic rings. The number of carbonyl (C=O) groups is 1. The van der Waals surface area contributed by atoms with Crippen molar-refractivity contribution in [3.8, 4) is 0 Å². The lowest BCUT2D eigenvalue weighted by Crippen LogP contribution is -2.32. The summed E-state index contributed by atoms with van der Waals surface area (Å²) in [6.07, 6.45) is 4.54. The van der Waals surface area contributed by atoms with Crippen molar-refractivity contribution in [1.29, 1.82) is 0 Å². The van der Waals surface area contributed by atoms with Gasteiger partial charge in [-0.15, -0.1) is 0 Å². The van der Waals surface area contributed by atoms with Crippen molar-refractivity contribution in [2.75, 3.05) is 11.4 Å². The molecule has 0 unspecified atom stereocenters. The lowest BCUT2D eigenvalue weighted by molar-refractivity contribution is -0.115. The number of aromatic nitrogens is 1. The van der Waals surface area contributed by atoms with Gasteiger partial charge in [0.15, 0.2) is 0 Å². The maximum Gasteiger partial charge on any atom is 0.304 e. The molecule has 5 nitrogen and oxygen atoms in total. The van der Waals surface area contributed by atoms with E-state index in [0.717, 1.165) is 5.71 Å². The van der Waals surface area contributed by atoms with Crippen LogP contribution >= 0.6 is 0 Å². The quantitative estimate of drug-likeness (QED) is 0.872. The molecule has 0 aliphatic carbocycles. The van der Waals surface area contributed by atoms with E-state index in [1.807, 2.05) is 6.92 Å². The number of amides is 1. The molecule has 0 fully saturated rings. The minimum absolute atomic E-state index is 0.0441. The first kappa shape index (κ1) is 14.2. The fraction of sp³-hybridized carbons (Fsp3) is 0.188. The first-order chi connectivity index (χ1) is 10.6. The van der Waals surface area contributed by atoms with Crippen LogP contribution in [0.4, 0.5) is 10.4 Å². The highest BCUT2D eigenvalue weighted by molar-refractivity contribution is 6.11. The van der Waals surface area contributed by atoms with Crippen LogP contribution in [-0.4, -0.2) is 23.1 Å². The Kier molecular flexibility index (Phi) is 3.82. The van der Waals surface area contributed by atoms with Gasteiger partial charge in [0.05, 0.1) is 19.3 Å². The summed E-state index contributed by atoms with van der Waals surface area (Å²) in [5, 5.41) is 0. The van der Waals surface area contributed by atoms with E-state index in [1.54, 1.807) is 24.3 Å². The molecule has 1 amide bonds. The average molecular weight is 299 g/mol. The topological polar surface area (TPSA) is 58.7 Å². The maximum atomic E-state index is 13.9. The number of oxazole rings is 1. The van der Waals surface area contributed by atoms with Crippen molar-refractivity contribution in [1.82, 2.24) is 4.98 Å². The number of aliphatic imine (C=N–C) groups is 1. The Balaban J connectivity index is 1.90. The molecule has 0 saturated carbocycles. The zero-order valence-corrected chi connectivity index (χ0v) is 12.0. The molecule has 1 aromatic heterocycles. The summed E-state index contributed by atoms with van der Waals surface area (Å²) >= 11 is 0. The van der Waals surface area contributed by atoms with Gasteiger partial charge in [-0.25, -0.2) is 9.37 Å². The van der Waals surface area contributed by atoms with Crippen molar-refractivity contribution in [2.45, 2.75) is 13.5 Å². The number of halogens is 1. The number of hydrogen-bond donors (Lipinski definition) is 0. The van der Waals surface area contributed by atoms with Gasteiger partial charge in [0.25, 0.3) is 5.91 Å². The van der Waals surface area contributed by atoms with Crippen LogP contribution in [-0.2, 0) is 11.3 Å². The number of nitrogens with zero attached hydrogens (tertiary/aromatic N) is 3. The molecule has 0 saturated heterocycles. The summed E-state index contributed by atoms with van der Waals surface area (Å²) < 4.78 is 19.1. The Hall–Kier alpha value is -2.76. The van der Waals surface area contributed by atoms with Crippen LogP contribution in [0.2, 0.25) is 0 Å². The van der Waals surface area contributed by atoms with Crippen molar-refractivity contribution >= 4 is 17.6 Å². The van der Waals surface area contributed by atoms with Gasteiger partial charge in [-0.1, -0.05) is 18.2 Å². The zero-order chi connectivity index (χ0) is 15.5. The normalized spacial score (nSPS) is 13.7. The molecule has 1 aromatic carbocycles. The molecule has 0 spiro atoms. The largest absolute Gasteiger partial charge is 0.432 e. The highest BCUT2D eigenvalue weighted by Gasteiger charge is 2.25. The Morgan fingerprint density at radius 2 is 2.23 bits per heavy atom. The van der Waals surface area contributed by atoms with E-state index >= 15 is 0 Å². The first-order valence-corrected chi connectivity index (χ1v) is 6.81. The molecule has 112 valence electrons. The predicted molar refractivity (Wildman–Crippen MR) is 80.2 cm³/mol. The fourth-order valence-electron chi connectivity index (χ4n) is 2.23. The zero-order valence-electron chi connectivity index (χ0n) is 12.0. The monoisotopic (exact) mass is 299 g/mol. The van der Waals surface area contributed by atoms with Gasteiger partial charge in [-0.05, 0) is 19.1 Å². The van der Waals surface area contributed by atoms with Gasteiger partial charge >= 0.3 is 6.01 Å². The van der Waals surface area contributed by atoms with E-state index in [4.69, 9.17) is 4.42 Å². The van der Waals surface area contributed by atoms with Crippen molar-refractivity contribution in [3.63, 3.8) is 0 Å². The van der Waals surface area contributed by atoms with E-state index in [2.05, 4.69) is 9.98 Å². The number of rotatable bonds is 4. The van der Waals surface area contributed by atoms with Crippen LogP contribution in [0.15, 0.2) is 57.8 Å². The van der Waals surface area contributed by atoms with Gasteiger partial charge in [-0.3, -0.25) is 14.7 Å². The van der Waals surface area contributed by atoms with Crippen molar-refractivity contribution in [2.24, 2.45) is 4.99 Å². The Morgan fingerprint density at radius 1 is 1.41 bits per heavy atom. The van der Waals surface area contributed by atoms with E-state index < -0.39 is 0 Å². The number of allylic oxidation sites excluding steroid dienone is 1. The Labute approximate surface area is 126 Å². The highest BCUT2D eigenvalue weighted by Crippen LogP contribution is 2.20. The lowest BCUT2D eigenvalue weighted by Gasteiger charge is -2.19. The number of carbonyl (C=O) groups excluding carboxylic acids is 1. The van der Waals surface area contributed by atoms with Crippen LogP contribution in [0.25, 0.3) is 0 Å². The van der Waals surface area contributed by atoms with Gasteiger partial charge in [0.1, 0.15) is 12.1 Å². The van der Waals surface area contributed by atoms with Crippen LogP contribution in [0.5, 0.6) is 0 Å². The highest BCUT2D eigenvalue weighted by atomic mass is 19.1. The third-order valence-electron chi connectivity index (χ3n) is 3.34. The third kappa shape index (κ3) is 2.81. The molecule has 3 rings (SSSR count). The second kappa shape index (κ2) is 5.93. The second-order valence-electron chi connectivity index (χ2n) is 4.92. The maximum absolute atomic E-state index is 13.9. The summed E-state index contributed by atoms with van der Waals surface area (Å²) in [7, 11) is 0. The van der Waals surface area contributed by atoms with Gasteiger partial charge in [0.2, 0.25) is 0 Å². The summed E-state index contributed by atoms with van der Waals surface area (Å²) in [5.41, 5.74) is 1.72. The third-order valence-corrected chi connectivity index (χ3v) is 3.34. The SMILES string of the molecule is CC1=NCC(C(=O)N(Cc2ccccc2F)c2ncco2)=C1. The van der Waals surface area contributed by atoms with Gasteiger partial charge in [0, 0.05) is 16.8 Å². The van der Waals surface area contributed by atoms with Crippen LogP contribution in [0.3, 0.4) is 0 Å². The molecule has 0 radical (unpaired) electrons. The number of benzene rings is 1. The molecular formula is C16H14FN3O2. The Morgan fingerprint density at radius 3 is 2.86 bits per heavy atom. The van der Waals surface area contributed by atoms with E-state index in [9.17, 15) is 9.18 Å². The van der Waals surface area contributed by atoms with Crippen molar-refractivity contribution in [3.05, 3.63) is 59.8 Å². The van der Waals surface area contributed by atoms with E-state index in [1.165, 1.54) is 23.4 Å². The van der Waals surface area contributed by atoms with E-state index in [-0.39, 0.29) is 24.3 Å². The lowest BCUT2D eigenvalue weighted by atomic mass is 10.1. The van der Waals surface area contributed by atoms with Crippen LogP contribution in [0, 0.1) is 5.82 Å². The van der Waals surface area contributed by atoms with Crippen molar-refractivity contribution < 1.29 is 13.6 Å². The van der Waals surface area contributed by atoms with Crippen LogP contribution in [0.1, 0.15) is 12.5 Å². The number of hydrogen-bond acceptors (Lipinski definition) is 4. The average Bonchev–Trinajstić information content (AvgIpc) is 3.17.